The predicted molar refractivity (Wildman–Crippen MR) is 87.1 cm³/mol. The second-order valence-corrected chi connectivity index (χ2v) is 7.50. The summed E-state index contributed by atoms with van der Waals surface area (Å²) in [5.74, 6) is 1.79. The summed E-state index contributed by atoms with van der Waals surface area (Å²) >= 11 is 1.71. The summed E-state index contributed by atoms with van der Waals surface area (Å²) in [7, 11) is 0. The second-order valence-electron chi connectivity index (χ2n) is 6.72. The molecule has 0 radical (unpaired) electrons. The molecule has 1 saturated carbocycles. The summed E-state index contributed by atoms with van der Waals surface area (Å²) in [4.78, 5) is 14.8. The zero-order chi connectivity index (χ0) is 14.8. The third kappa shape index (κ3) is 3.16. The molecule has 2 fully saturated rings. The third-order valence-electron chi connectivity index (χ3n) is 5.02. The van der Waals surface area contributed by atoms with Crippen LogP contribution in [0.1, 0.15) is 57.7 Å². The number of carbonyl (C=O) groups is 1. The van der Waals surface area contributed by atoms with Gasteiger partial charge < -0.3 is 4.90 Å². The van der Waals surface area contributed by atoms with Gasteiger partial charge in [-0.1, -0.05) is 26.7 Å². The minimum absolute atomic E-state index is 0.00378. The van der Waals surface area contributed by atoms with Crippen molar-refractivity contribution in [1.29, 1.82) is 0 Å². The monoisotopic (exact) mass is 306 g/mol. The van der Waals surface area contributed by atoms with E-state index in [2.05, 4.69) is 40.9 Å². The van der Waals surface area contributed by atoms with Crippen LogP contribution in [-0.4, -0.2) is 23.4 Å². The van der Waals surface area contributed by atoms with Crippen molar-refractivity contribution in [2.75, 3.05) is 6.54 Å². The molecule has 4 atom stereocenters. The van der Waals surface area contributed by atoms with Crippen molar-refractivity contribution >= 4 is 17.2 Å². The number of hydrogen-bond acceptors (Lipinski definition) is 3. The summed E-state index contributed by atoms with van der Waals surface area (Å²) < 4.78 is 0. The van der Waals surface area contributed by atoms with Crippen LogP contribution in [0.15, 0.2) is 16.8 Å². The van der Waals surface area contributed by atoms with E-state index >= 15 is 0 Å². The van der Waals surface area contributed by atoms with Gasteiger partial charge in [-0.3, -0.25) is 10.1 Å². The van der Waals surface area contributed by atoms with Crippen LogP contribution in [0.5, 0.6) is 0 Å². The topological polar surface area (TPSA) is 32.3 Å². The highest BCUT2D eigenvalue weighted by Gasteiger charge is 2.39. The Morgan fingerprint density at radius 1 is 1.43 bits per heavy atom. The van der Waals surface area contributed by atoms with Gasteiger partial charge in [0, 0.05) is 6.54 Å². The summed E-state index contributed by atoms with van der Waals surface area (Å²) in [6.07, 6.45) is 6.19. The number of nitrogens with one attached hydrogen (secondary N) is 1. The molecule has 21 heavy (non-hydrogen) atoms. The molecule has 3 rings (SSSR count). The molecule has 1 aliphatic carbocycles. The SMILES string of the molecule is CCC1NC(c2ccsc2)N(CC2CCCC(C)C2)C1=O. The van der Waals surface area contributed by atoms with E-state index < -0.39 is 0 Å². The number of nitrogens with zero attached hydrogens (tertiary/aromatic N) is 1. The molecule has 4 unspecified atom stereocenters. The molecule has 2 heterocycles. The lowest BCUT2D eigenvalue weighted by atomic mass is 9.82. The van der Waals surface area contributed by atoms with Crippen LogP contribution in [0.3, 0.4) is 0 Å². The molecule has 0 aromatic carbocycles. The first kappa shape index (κ1) is 15.0. The summed E-state index contributed by atoms with van der Waals surface area (Å²) in [5, 5.41) is 7.79. The first-order valence-corrected chi connectivity index (χ1v) is 9.22. The van der Waals surface area contributed by atoms with E-state index in [1.54, 1.807) is 11.3 Å². The quantitative estimate of drug-likeness (QED) is 0.918. The van der Waals surface area contributed by atoms with Gasteiger partial charge in [0.25, 0.3) is 0 Å². The Kier molecular flexibility index (Phi) is 4.65. The fourth-order valence-electron chi connectivity index (χ4n) is 3.88. The van der Waals surface area contributed by atoms with Gasteiger partial charge >= 0.3 is 0 Å². The van der Waals surface area contributed by atoms with E-state index in [-0.39, 0.29) is 12.2 Å². The zero-order valence-electron chi connectivity index (χ0n) is 13.0. The number of amides is 1. The Hall–Kier alpha value is -0.870. The standard InChI is InChI=1S/C17H26N2OS/c1-3-15-17(20)19(10-13-6-4-5-12(2)9-13)16(18-15)14-7-8-21-11-14/h7-8,11-13,15-16,18H,3-6,9-10H2,1-2H3. The van der Waals surface area contributed by atoms with Crippen LogP contribution < -0.4 is 5.32 Å². The lowest BCUT2D eigenvalue weighted by Gasteiger charge is -2.32. The van der Waals surface area contributed by atoms with E-state index in [9.17, 15) is 4.79 Å². The molecule has 1 amide bonds. The van der Waals surface area contributed by atoms with Crippen molar-refractivity contribution < 1.29 is 4.79 Å². The summed E-state index contributed by atoms with van der Waals surface area (Å²) in [6, 6.07) is 2.14. The molecule has 1 aromatic rings. The Bertz CT molecular complexity index is 473. The van der Waals surface area contributed by atoms with Gasteiger partial charge in [-0.05, 0) is 53.5 Å². The molecule has 2 aliphatic rings. The Morgan fingerprint density at radius 2 is 2.29 bits per heavy atom. The minimum Gasteiger partial charge on any atom is -0.321 e. The van der Waals surface area contributed by atoms with Crippen molar-refractivity contribution in [2.45, 2.75) is 58.2 Å². The molecule has 116 valence electrons. The first-order valence-electron chi connectivity index (χ1n) is 8.27. The highest BCUT2D eigenvalue weighted by Crippen LogP contribution is 2.34. The molecule has 0 spiro atoms. The molecule has 1 aromatic heterocycles. The first-order chi connectivity index (χ1) is 10.2. The van der Waals surface area contributed by atoms with Crippen molar-refractivity contribution in [1.82, 2.24) is 10.2 Å². The molecular formula is C17H26N2OS. The second kappa shape index (κ2) is 6.49. The average molecular weight is 306 g/mol. The zero-order valence-corrected chi connectivity index (χ0v) is 13.9. The van der Waals surface area contributed by atoms with Crippen molar-refractivity contribution in [3.63, 3.8) is 0 Å². The largest absolute Gasteiger partial charge is 0.321 e. The lowest BCUT2D eigenvalue weighted by molar-refractivity contribution is -0.131. The lowest BCUT2D eigenvalue weighted by Crippen LogP contribution is -2.36. The summed E-state index contributed by atoms with van der Waals surface area (Å²) in [6.45, 7) is 5.36. The van der Waals surface area contributed by atoms with Gasteiger partial charge in [0.1, 0.15) is 6.17 Å². The molecule has 1 aliphatic heterocycles. The van der Waals surface area contributed by atoms with Gasteiger partial charge in [0.2, 0.25) is 5.91 Å². The molecular weight excluding hydrogens is 280 g/mol. The maximum Gasteiger partial charge on any atom is 0.241 e. The van der Waals surface area contributed by atoms with Crippen LogP contribution in [-0.2, 0) is 4.79 Å². The predicted octanol–water partition coefficient (Wildman–Crippen LogP) is 3.78. The number of hydrogen-bond donors (Lipinski definition) is 1. The van der Waals surface area contributed by atoms with Crippen molar-refractivity contribution in [3.8, 4) is 0 Å². The number of thiophene rings is 1. The smallest absolute Gasteiger partial charge is 0.241 e. The fourth-order valence-corrected chi connectivity index (χ4v) is 4.56. The van der Waals surface area contributed by atoms with Gasteiger partial charge in [-0.2, -0.15) is 11.3 Å². The number of rotatable bonds is 4. The Morgan fingerprint density at radius 3 is 2.95 bits per heavy atom. The van der Waals surface area contributed by atoms with E-state index in [1.807, 2.05) is 0 Å². The maximum atomic E-state index is 12.7. The summed E-state index contributed by atoms with van der Waals surface area (Å²) in [5.41, 5.74) is 1.24. The van der Waals surface area contributed by atoms with Crippen molar-refractivity contribution in [2.24, 2.45) is 11.8 Å². The average Bonchev–Trinajstić information content (AvgIpc) is 3.09. The van der Waals surface area contributed by atoms with E-state index in [4.69, 9.17) is 0 Å². The van der Waals surface area contributed by atoms with E-state index in [0.717, 1.165) is 18.9 Å². The van der Waals surface area contributed by atoms with Crippen LogP contribution in [0.2, 0.25) is 0 Å². The minimum atomic E-state index is -0.00378. The highest BCUT2D eigenvalue weighted by atomic mass is 32.1. The van der Waals surface area contributed by atoms with Crippen LogP contribution >= 0.6 is 11.3 Å². The van der Waals surface area contributed by atoms with E-state index in [1.165, 1.54) is 31.2 Å². The molecule has 0 bridgehead atoms. The Balaban J connectivity index is 1.74. The fraction of sp³-hybridized carbons (Fsp3) is 0.706. The van der Waals surface area contributed by atoms with Crippen LogP contribution in [0.4, 0.5) is 0 Å². The van der Waals surface area contributed by atoms with E-state index in [0.29, 0.717) is 11.8 Å². The molecule has 1 saturated heterocycles. The van der Waals surface area contributed by atoms with Gasteiger partial charge in [0.15, 0.2) is 0 Å². The molecule has 4 heteroatoms. The molecule has 1 N–H and O–H groups in total. The Labute approximate surface area is 131 Å². The van der Waals surface area contributed by atoms with Gasteiger partial charge in [0.05, 0.1) is 6.04 Å². The normalized spacial score (nSPS) is 33.6. The van der Waals surface area contributed by atoms with Crippen LogP contribution in [0.25, 0.3) is 0 Å². The van der Waals surface area contributed by atoms with Crippen LogP contribution in [0, 0.1) is 11.8 Å². The number of carbonyl (C=O) groups excluding carboxylic acids is 1. The van der Waals surface area contributed by atoms with Crippen molar-refractivity contribution in [3.05, 3.63) is 22.4 Å². The third-order valence-corrected chi connectivity index (χ3v) is 5.72. The maximum absolute atomic E-state index is 12.7. The van der Waals surface area contributed by atoms with Gasteiger partial charge in [-0.15, -0.1) is 0 Å². The van der Waals surface area contributed by atoms with Gasteiger partial charge in [-0.25, -0.2) is 0 Å². The highest BCUT2D eigenvalue weighted by molar-refractivity contribution is 7.07. The molecule has 3 nitrogen and oxygen atoms in total.